The lowest BCUT2D eigenvalue weighted by molar-refractivity contribution is -0.140. The van der Waals surface area contributed by atoms with Gasteiger partial charge in [-0.1, -0.05) is 73.2 Å². The predicted octanol–water partition coefficient (Wildman–Crippen LogP) is 6.77. The Labute approximate surface area is 281 Å². The highest BCUT2D eigenvalue weighted by molar-refractivity contribution is 7.92. The molecule has 248 valence electrons. The third kappa shape index (κ3) is 8.46. The minimum absolute atomic E-state index is 0.00912. The Morgan fingerprint density at radius 3 is 2.26 bits per heavy atom. The number of nitrogens with zero attached hydrogens (tertiary/aromatic N) is 2. The maximum absolute atomic E-state index is 14.5. The molecule has 0 aliphatic heterocycles. The smallest absolute Gasteiger partial charge is 0.264 e. The summed E-state index contributed by atoms with van der Waals surface area (Å²) in [5.41, 5.74) is 1.55. The molecule has 1 atom stereocenters. The van der Waals surface area contributed by atoms with Crippen LogP contribution in [0.25, 0.3) is 0 Å². The van der Waals surface area contributed by atoms with Gasteiger partial charge in [0.15, 0.2) is 0 Å². The fourth-order valence-corrected chi connectivity index (χ4v) is 7.52. The Morgan fingerprint density at radius 1 is 0.957 bits per heavy atom. The number of halogens is 2. The van der Waals surface area contributed by atoms with Crippen LogP contribution in [0.2, 0.25) is 10.0 Å². The Hall–Kier alpha value is -3.47. The molecule has 9 nitrogen and oxygen atoms in total. The molecule has 3 aromatic rings. The molecule has 0 spiro atoms. The van der Waals surface area contributed by atoms with Crippen molar-refractivity contribution in [1.82, 2.24) is 10.2 Å². The molecule has 1 unspecified atom stereocenters. The largest absolute Gasteiger partial charge is 0.497 e. The van der Waals surface area contributed by atoms with E-state index < -0.39 is 28.5 Å². The lowest BCUT2D eigenvalue weighted by Crippen LogP contribution is -2.54. The average molecular weight is 691 g/mol. The zero-order chi connectivity index (χ0) is 33.4. The van der Waals surface area contributed by atoms with Crippen LogP contribution in [0.1, 0.15) is 56.6 Å². The lowest BCUT2D eigenvalue weighted by Gasteiger charge is -2.35. The van der Waals surface area contributed by atoms with E-state index >= 15 is 0 Å². The fourth-order valence-electron chi connectivity index (χ4n) is 5.64. The first-order chi connectivity index (χ1) is 22.0. The highest BCUT2D eigenvalue weighted by atomic mass is 35.5. The molecule has 1 aliphatic rings. The number of benzene rings is 3. The minimum Gasteiger partial charge on any atom is -0.497 e. The summed E-state index contributed by atoms with van der Waals surface area (Å²) in [6.45, 7) is 3.00. The molecule has 0 saturated heterocycles. The Balaban J connectivity index is 1.79. The van der Waals surface area contributed by atoms with E-state index in [-0.39, 0.29) is 34.8 Å². The summed E-state index contributed by atoms with van der Waals surface area (Å²) in [5, 5.41) is 3.89. The van der Waals surface area contributed by atoms with Crippen LogP contribution >= 0.6 is 23.2 Å². The zero-order valence-electron chi connectivity index (χ0n) is 26.6. The second-order valence-corrected chi connectivity index (χ2v) is 14.1. The van der Waals surface area contributed by atoms with Crippen molar-refractivity contribution in [2.45, 2.75) is 75.9 Å². The van der Waals surface area contributed by atoms with E-state index in [1.807, 2.05) is 13.8 Å². The van der Waals surface area contributed by atoms with Crippen molar-refractivity contribution in [3.05, 3.63) is 81.8 Å². The number of hydrogen-bond acceptors (Lipinski definition) is 6. The van der Waals surface area contributed by atoms with Crippen LogP contribution < -0.4 is 19.1 Å². The molecule has 0 radical (unpaired) electrons. The standard InChI is InChI=1S/C34H41Cl2N3O6S/c1-5-30(34(41)37-26-9-7-6-8-10-26)38(21-24-13-14-25(35)19-29(24)36)33(40)22-39(31-20-27(44-3)15-18-32(31)45-4)46(42,43)28-16-11-23(2)12-17-28/h11-20,26,30H,5-10,21-22H2,1-4H3,(H,37,41). The van der Waals surface area contributed by atoms with Gasteiger partial charge in [-0.15, -0.1) is 0 Å². The van der Waals surface area contributed by atoms with Gasteiger partial charge >= 0.3 is 0 Å². The van der Waals surface area contributed by atoms with Crippen LogP contribution in [0.15, 0.2) is 65.6 Å². The van der Waals surface area contributed by atoms with E-state index in [1.165, 1.54) is 37.3 Å². The topological polar surface area (TPSA) is 105 Å². The molecular weight excluding hydrogens is 649 g/mol. The molecule has 46 heavy (non-hydrogen) atoms. The third-order valence-corrected chi connectivity index (χ3v) is 10.6. The first-order valence-electron chi connectivity index (χ1n) is 15.3. The van der Waals surface area contributed by atoms with E-state index in [2.05, 4.69) is 5.32 Å². The number of amides is 2. The number of carbonyl (C=O) groups excluding carboxylic acids is 2. The average Bonchev–Trinajstić information content (AvgIpc) is 3.04. The van der Waals surface area contributed by atoms with Gasteiger partial charge in [0.1, 0.15) is 24.1 Å². The van der Waals surface area contributed by atoms with E-state index in [0.29, 0.717) is 27.8 Å². The quantitative estimate of drug-likeness (QED) is 0.212. The van der Waals surface area contributed by atoms with Crippen molar-refractivity contribution in [3.63, 3.8) is 0 Å². The summed E-state index contributed by atoms with van der Waals surface area (Å²) in [6, 6.07) is 15.1. The summed E-state index contributed by atoms with van der Waals surface area (Å²) in [5.74, 6) is -0.300. The number of hydrogen-bond donors (Lipinski definition) is 1. The van der Waals surface area contributed by atoms with Gasteiger partial charge in [-0.2, -0.15) is 0 Å². The van der Waals surface area contributed by atoms with Crippen molar-refractivity contribution >= 4 is 50.7 Å². The molecule has 0 bridgehead atoms. The van der Waals surface area contributed by atoms with Crippen molar-refractivity contribution < 1.29 is 27.5 Å². The minimum atomic E-state index is -4.31. The highest BCUT2D eigenvalue weighted by Gasteiger charge is 2.36. The van der Waals surface area contributed by atoms with Crippen LogP contribution in [0.3, 0.4) is 0 Å². The predicted molar refractivity (Wildman–Crippen MR) is 181 cm³/mol. The maximum atomic E-state index is 14.5. The van der Waals surface area contributed by atoms with E-state index in [4.69, 9.17) is 32.7 Å². The molecule has 0 aromatic heterocycles. The number of ether oxygens (including phenoxy) is 2. The summed E-state index contributed by atoms with van der Waals surface area (Å²) < 4.78 is 40.6. The van der Waals surface area contributed by atoms with Gasteiger partial charge in [0.05, 0.1) is 24.8 Å². The van der Waals surface area contributed by atoms with Gasteiger partial charge in [-0.05, 0) is 68.1 Å². The summed E-state index contributed by atoms with van der Waals surface area (Å²) in [6.07, 6.45) is 5.22. The van der Waals surface area contributed by atoms with Crippen LogP contribution in [0.4, 0.5) is 5.69 Å². The number of aryl methyl sites for hydroxylation is 1. The van der Waals surface area contributed by atoms with Crippen LogP contribution in [0.5, 0.6) is 11.5 Å². The first kappa shape index (κ1) is 35.4. The van der Waals surface area contributed by atoms with Crippen LogP contribution in [-0.4, -0.2) is 58.0 Å². The van der Waals surface area contributed by atoms with E-state index in [1.54, 1.807) is 42.5 Å². The van der Waals surface area contributed by atoms with Crippen molar-refractivity contribution in [3.8, 4) is 11.5 Å². The highest BCUT2D eigenvalue weighted by Crippen LogP contribution is 2.36. The Kier molecular flexibility index (Phi) is 12.2. The number of anilines is 1. The molecule has 1 N–H and O–H groups in total. The molecule has 3 aromatic carbocycles. The first-order valence-corrected chi connectivity index (χ1v) is 17.5. The van der Waals surface area contributed by atoms with Gasteiger partial charge in [0.25, 0.3) is 10.0 Å². The number of methoxy groups -OCH3 is 2. The van der Waals surface area contributed by atoms with Gasteiger partial charge < -0.3 is 19.7 Å². The van der Waals surface area contributed by atoms with E-state index in [9.17, 15) is 18.0 Å². The fraction of sp³-hybridized carbons (Fsp3) is 0.412. The second-order valence-electron chi connectivity index (χ2n) is 11.4. The maximum Gasteiger partial charge on any atom is 0.264 e. The van der Waals surface area contributed by atoms with Crippen molar-refractivity contribution in [2.75, 3.05) is 25.1 Å². The zero-order valence-corrected chi connectivity index (χ0v) is 28.9. The number of rotatable bonds is 13. The summed E-state index contributed by atoms with van der Waals surface area (Å²) >= 11 is 12.7. The van der Waals surface area contributed by atoms with Gasteiger partial charge in [0.2, 0.25) is 11.8 Å². The van der Waals surface area contributed by atoms with Gasteiger partial charge in [-0.25, -0.2) is 8.42 Å². The molecule has 2 amide bonds. The molecule has 1 saturated carbocycles. The third-order valence-electron chi connectivity index (χ3n) is 8.24. The normalized spacial score (nSPS) is 14.3. The van der Waals surface area contributed by atoms with Gasteiger partial charge in [-0.3, -0.25) is 13.9 Å². The van der Waals surface area contributed by atoms with Crippen molar-refractivity contribution in [1.29, 1.82) is 0 Å². The Bertz CT molecular complexity index is 1630. The lowest BCUT2D eigenvalue weighted by atomic mass is 9.95. The molecule has 1 aliphatic carbocycles. The molecule has 12 heteroatoms. The molecule has 4 rings (SSSR count). The number of nitrogens with one attached hydrogen (secondary N) is 1. The van der Waals surface area contributed by atoms with Gasteiger partial charge in [0, 0.05) is 28.7 Å². The molecule has 0 heterocycles. The SMILES string of the molecule is CCC(C(=O)NC1CCCCC1)N(Cc1ccc(Cl)cc1Cl)C(=O)CN(c1cc(OC)ccc1OC)S(=O)(=O)c1ccc(C)cc1. The summed E-state index contributed by atoms with van der Waals surface area (Å²) in [4.78, 5) is 29.7. The van der Waals surface area contributed by atoms with E-state index in [0.717, 1.165) is 42.0 Å². The van der Waals surface area contributed by atoms with Crippen LogP contribution in [0, 0.1) is 6.92 Å². The second kappa shape index (κ2) is 15.9. The Morgan fingerprint density at radius 2 is 1.65 bits per heavy atom. The molecular formula is C34H41Cl2N3O6S. The monoisotopic (exact) mass is 689 g/mol. The van der Waals surface area contributed by atoms with Crippen LogP contribution in [-0.2, 0) is 26.2 Å². The summed E-state index contributed by atoms with van der Waals surface area (Å²) in [7, 11) is -1.43. The number of carbonyl (C=O) groups is 2. The number of sulfonamides is 1. The molecule has 1 fully saturated rings. The van der Waals surface area contributed by atoms with Crippen molar-refractivity contribution in [2.24, 2.45) is 0 Å².